The van der Waals surface area contributed by atoms with E-state index in [1.165, 1.54) is 27.9 Å². The van der Waals surface area contributed by atoms with Crippen molar-refractivity contribution in [3.8, 4) is 34.6 Å². The van der Waals surface area contributed by atoms with Crippen molar-refractivity contribution < 1.29 is 28.6 Å². The van der Waals surface area contributed by atoms with Crippen molar-refractivity contribution >= 4 is 109 Å². The molecule has 3 amide bonds. The topological polar surface area (TPSA) is 322 Å². The lowest BCUT2D eigenvalue weighted by Gasteiger charge is -2.38. The molecule has 3 N–H and O–H groups in total. The highest BCUT2D eigenvalue weighted by atomic mass is 16.5. The molecule has 0 aliphatic carbocycles. The fourth-order valence-electron chi connectivity index (χ4n) is 17.6. The van der Waals surface area contributed by atoms with Crippen LogP contribution in [0.15, 0.2) is 173 Å². The minimum absolute atomic E-state index is 0.0197. The Morgan fingerprint density at radius 1 is 0.410 bits per heavy atom. The molecule has 21 rings (SSSR count). The molecule has 12 aromatic rings. The maximum absolute atomic E-state index is 13.6. The van der Waals surface area contributed by atoms with Crippen molar-refractivity contribution in [2.45, 2.75) is 117 Å². The maximum Gasteiger partial charge on any atom is 0.278 e. The number of anilines is 10. The molecular weight excluding hydrogens is 1550 g/mol. The number of piperazine rings is 1. The predicted octanol–water partition coefficient (Wildman–Crippen LogP) is 9.84. The van der Waals surface area contributed by atoms with Crippen LogP contribution < -0.4 is 66.4 Å². The average Bonchev–Trinajstić information content (AvgIpc) is 1.10. The lowest BCUT2D eigenvalue weighted by Crippen LogP contribution is -2.53. The minimum atomic E-state index is -1.00. The van der Waals surface area contributed by atoms with E-state index < -0.39 is 11.2 Å². The third-order valence-electron chi connectivity index (χ3n) is 23.7. The van der Waals surface area contributed by atoms with E-state index >= 15 is 0 Å². The molecule has 0 unspecified atom stereocenters. The first kappa shape index (κ1) is 78.2. The molecule has 4 aromatic carbocycles. The van der Waals surface area contributed by atoms with Crippen molar-refractivity contribution in [3.63, 3.8) is 0 Å². The van der Waals surface area contributed by atoms with Crippen LogP contribution in [0.3, 0.4) is 0 Å². The van der Waals surface area contributed by atoms with Gasteiger partial charge in [-0.05, 0) is 188 Å². The summed E-state index contributed by atoms with van der Waals surface area (Å²) in [5, 5.41) is 11.1. The van der Waals surface area contributed by atoms with Gasteiger partial charge in [-0.1, -0.05) is 62.4 Å². The molecule has 1 fully saturated rings. The number of allylic oxidation sites excluding steroid dienone is 3. The molecule has 33 heteroatoms. The summed E-state index contributed by atoms with van der Waals surface area (Å²) >= 11 is 0. The molecule has 9 aliphatic rings. The van der Waals surface area contributed by atoms with Gasteiger partial charge in [-0.25, -0.2) is 53.0 Å². The van der Waals surface area contributed by atoms with Crippen LogP contribution in [0.1, 0.15) is 83.1 Å². The zero-order valence-corrected chi connectivity index (χ0v) is 69.5. The lowest BCUT2D eigenvalue weighted by atomic mass is 9.78. The number of nitrogens with zero attached hydrogens (tertiary/aromatic N) is 21. The van der Waals surface area contributed by atoms with Gasteiger partial charge in [-0.15, -0.1) is 0 Å². The standard InChI is InChI=1S/C31H34N8O3.2C29H30N8O3/c1-30(2)18-36(5)17-19-15-20(9-10-22(19)30)33-29-32-16-21-25(35-29)39-24-12-11-23-26(34-24)37(28(41)31(3,4)42-23)13-7-6-8-14-38(39)27(21)40;1-29(2)27(39)35-12-5-4-6-13-36-26(38)21-16-30-28(31-20-8-7-19-17-34(3)14-11-18(19)15-20)33-24(21)37(36)23-10-9-22(40-29)25(35)32-23;1-33-13-15-34(16-14-33)21-7-5-20(6-8-21)31-29-30-18-23-27(32-29)37-22-9-10-25-24(17-22)35(26(38)19-40-25)11-3-2-4-12-36(37)28(23)39/h6,8-12,15-16H,7,13-14,17-18H2,1-5H3,(H,32,33,35);4,6-10,15-16H,5,11-14,17H2,1-3H3,(H,30,31,33);2,4-10,17-18H,3,11-16,19H2,1H3,(H,30,31,32). The van der Waals surface area contributed by atoms with Gasteiger partial charge in [-0.2, -0.15) is 15.0 Å². The second kappa shape index (κ2) is 30.9. The van der Waals surface area contributed by atoms with Crippen molar-refractivity contribution in [1.82, 2.24) is 82.7 Å². The molecule has 33 nitrogen and oxygen atoms in total. The fourth-order valence-corrected chi connectivity index (χ4v) is 17.6. The Labute approximate surface area is 701 Å². The van der Waals surface area contributed by atoms with Crippen LogP contribution in [-0.2, 0) is 58.9 Å². The Balaban J connectivity index is 0.000000121. The van der Waals surface area contributed by atoms with E-state index in [4.69, 9.17) is 39.1 Å². The number of carbonyl (C=O) groups excluding carboxylic acids is 3. The van der Waals surface area contributed by atoms with Crippen molar-refractivity contribution in [3.05, 3.63) is 211 Å². The van der Waals surface area contributed by atoms with Gasteiger partial charge in [0, 0.05) is 119 Å². The Hall–Kier alpha value is -13.7. The normalized spacial score (nSPS) is 18.2. The first-order valence-corrected chi connectivity index (χ1v) is 41.4. The SMILES string of the molecule is CN1CCN(c2ccc(Nc3ncc4c(=O)n5n(c4n3)-c3ccc4c(c3)N(CCC=CC5)C(=O)CO4)cc2)CC1.CN1CCc2cc(Nc3ncc4c(=O)n5n(c4n3)-c3ccc4c(n3)N(CCC=CC5)C(=O)C(C)(C)O4)ccc2C1.CN1Cc2cc(Nc3ncc4c(=O)n5n(c4n3)-c3ccc4c(n3)N(CCC=CC5)C(=O)C(C)(C)O4)ccc2C(C)(C)C1. The van der Waals surface area contributed by atoms with Crippen LogP contribution in [0.4, 0.5) is 57.9 Å². The van der Waals surface area contributed by atoms with E-state index in [-0.39, 0.29) is 46.4 Å². The van der Waals surface area contributed by atoms with E-state index in [0.29, 0.717) is 161 Å². The van der Waals surface area contributed by atoms with Gasteiger partial charge in [0.25, 0.3) is 34.4 Å². The van der Waals surface area contributed by atoms with Gasteiger partial charge in [0.05, 0.1) is 31.0 Å². The molecule has 0 atom stereocenters. The predicted molar refractivity (Wildman–Crippen MR) is 466 cm³/mol. The Morgan fingerprint density at radius 3 is 1.43 bits per heavy atom. The number of hydrogen-bond donors (Lipinski definition) is 3. The largest absolute Gasteiger partial charge is 0.482 e. The molecule has 1 saturated heterocycles. The maximum atomic E-state index is 13.6. The van der Waals surface area contributed by atoms with Crippen molar-refractivity contribution in [1.29, 1.82) is 0 Å². The Kier molecular flexibility index (Phi) is 19.8. The molecule has 17 heterocycles. The number of carbonyl (C=O) groups is 3. The summed E-state index contributed by atoms with van der Waals surface area (Å²) in [6.45, 7) is 22.0. The van der Waals surface area contributed by atoms with E-state index in [1.54, 1.807) is 113 Å². The van der Waals surface area contributed by atoms with Gasteiger partial charge >= 0.3 is 0 Å². The van der Waals surface area contributed by atoms with Crippen LogP contribution in [-0.4, -0.2) is 198 Å². The van der Waals surface area contributed by atoms with Crippen LogP contribution in [0.2, 0.25) is 0 Å². The van der Waals surface area contributed by atoms with Gasteiger partial charge in [0.1, 0.15) is 21.9 Å². The van der Waals surface area contributed by atoms with E-state index in [9.17, 15) is 28.8 Å². The van der Waals surface area contributed by atoms with Gasteiger partial charge in [0.15, 0.2) is 69.5 Å². The first-order chi connectivity index (χ1) is 58.8. The summed E-state index contributed by atoms with van der Waals surface area (Å²) < 4.78 is 27.8. The van der Waals surface area contributed by atoms with Crippen LogP contribution in [0, 0.1) is 0 Å². The second-order valence-corrected chi connectivity index (χ2v) is 33.9. The van der Waals surface area contributed by atoms with Crippen molar-refractivity contribution in [2.24, 2.45) is 0 Å². The van der Waals surface area contributed by atoms with E-state index in [2.05, 4.69) is 128 Å². The highest BCUT2D eigenvalue weighted by molar-refractivity contribution is 6.03. The van der Waals surface area contributed by atoms with Crippen molar-refractivity contribution in [2.75, 3.05) is 122 Å². The monoisotopic (exact) mass is 1640 g/mol. The third kappa shape index (κ3) is 14.5. The highest BCUT2D eigenvalue weighted by Crippen LogP contribution is 2.42. The van der Waals surface area contributed by atoms with Gasteiger partial charge in [-0.3, -0.25) is 38.6 Å². The first-order valence-electron chi connectivity index (χ1n) is 41.4. The average molecular weight is 1640 g/mol. The number of benzene rings is 4. The minimum Gasteiger partial charge on any atom is -0.482 e. The zero-order chi connectivity index (χ0) is 84.2. The molecular formula is C89H94N24O9. The summed E-state index contributed by atoms with van der Waals surface area (Å²) in [4.78, 5) is 132. The van der Waals surface area contributed by atoms with E-state index in [1.807, 2.05) is 72.9 Å². The highest BCUT2D eigenvalue weighted by Gasteiger charge is 2.44. The summed E-state index contributed by atoms with van der Waals surface area (Å²) in [6, 6.07) is 33.7. The Morgan fingerprint density at radius 2 is 0.877 bits per heavy atom. The number of fused-ring (bicyclic) bond motifs is 17. The molecule has 122 heavy (non-hydrogen) atoms. The summed E-state index contributed by atoms with van der Waals surface area (Å²) in [6.07, 6.45) is 19.3. The number of likely N-dealkylation sites (N-methyl/N-ethyl adjacent to an activating group) is 3. The zero-order valence-electron chi connectivity index (χ0n) is 69.5. The quantitative estimate of drug-likeness (QED) is 0.125. The van der Waals surface area contributed by atoms with Crippen LogP contribution in [0.5, 0.6) is 17.2 Å². The second-order valence-electron chi connectivity index (χ2n) is 33.9. The summed E-state index contributed by atoms with van der Waals surface area (Å²) in [7, 11) is 6.42. The molecule has 6 bridgehead atoms. The molecule has 0 saturated carbocycles. The molecule has 8 aromatic heterocycles. The number of amides is 3. The van der Waals surface area contributed by atoms with E-state index in [0.717, 1.165) is 75.8 Å². The molecule has 9 aliphatic heterocycles. The number of hydrogen-bond acceptors (Lipinski definition) is 24. The number of nitrogens with one attached hydrogen (secondary N) is 3. The van der Waals surface area contributed by atoms with Gasteiger partial charge < -0.3 is 54.7 Å². The smallest absolute Gasteiger partial charge is 0.278 e. The fraction of sp³-hybridized carbons (Fsp3) is 0.348. The lowest BCUT2D eigenvalue weighted by molar-refractivity contribution is -0.133. The number of rotatable bonds is 7. The van der Waals surface area contributed by atoms with Crippen LogP contribution >= 0.6 is 0 Å². The third-order valence-corrected chi connectivity index (χ3v) is 23.7. The summed E-state index contributed by atoms with van der Waals surface area (Å²) in [5.74, 6) is 4.23. The summed E-state index contributed by atoms with van der Waals surface area (Å²) in [5.41, 5.74) is 9.27. The number of ether oxygens (including phenoxy) is 3. The van der Waals surface area contributed by atoms with Crippen LogP contribution in [0.25, 0.3) is 50.4 Å². The molecule has 0 radical (unpaired) electrons. The Bertz CT molecular complexity index is 6540. The number of aromatic nitrogens is 14. The molecule has 624 valence electrons. The van der Waals surface area contributed by atoms with Gasteiger partial charge in [0.2, 0.25) is 17.8 Å². The molecule has 0 spiro atoms. The number of pyridine rings is 2.